The summed E-state index contributed by atoms with van der Waals surface area (Å²) in [6, 6.07) is 0. The van der Waals surface area contributed by atoms with Crippen LogP contribution in [-0.2, 0) is 61.9 Å². The number of allylic oxidation sites excluding steroid dienone is 4. The highest BCUT2D eigenvalue weighted by Gasteiger charge is 2.56. The number of carbonyl (C=O) groups excluding carboxylic acids is 5. The highest BCUT2D eigenvalue weighted by atomic mass is 16.8. The van der Waals surface area contributed by atoms with Crippen LogP contribution in [0.4, 0.5) is 0 Å². The summed E-state index contributed by atoms with van der Waals surface area (Å²) < 4.78 is 52.2. The van der Waals surface area contributed by atoms with Gasteiger partial charge in [0.1, 0.15) is 31.0 Å². The summed E-state index contributed by atoms with van der Waals surface area (Å²) in [5, 5.41) is 37.5. The van der Waals surface area contributed by atoms with Crippen LogP contribution in [0.1, 0.15) is 631 Å². The second kappa shape index (κ2) is 94.6. The molecule has 0 aromatic carbocycles. The first-order valence-corrected chi connectivity index (χ1v) is 63.4. The Kier molecular flexibility index (Phi) is 89.5. The minimum Gasteiger partial charge on any atom is -0.459 e. The molecule has 16 heteroatoms. The molecule has 0 aliphatic carbocycles. The van der Waals surface area contributed by atoms with E-state index in [-0.39, 0.29) is 41.2 Å². The van der Waals surface area contributed by atoms with Gasteiger partial charge in [0.15, 0.2) is 24.4 Å². The summed E-state index contributed by atoms with van der Waals surface area (Å²) in [4.78, 5) is 74.1. The van der Waals surface area contributed by atoms with Gasteiger partial charge in [-0.25, -0.2) is 19.2 Å². The molecule has 18 atom stereocenters. The van der Waals surface area contributed by atoms with Gasteiger partial charge in [0.05, 0.1) is 6.61 Å². The molecule has 2 heterocycles. The van der Waals surface area contributed by atoms with E-state index in [1.807, 2.05) is 24.3 Å². The van der Waals surface area contributed by atoms with Crippen LogP contribution >= 0.6 is 0 Å². The number of hydrogen-bond acceptors (Lipinski definition) is 16. The zero-order valence-electron chi connectivity index (χ0n) is 98.8. The number of rotatable bonds is 101. The van der Waals surface area contributed by atoms with Crippen LogP contribution in [0.3, 0.4) is 0 Å². The summed E-state index contributed by atoms with van der Waals surface area (Å²) in [7, 11) is 0. The van der Waals surface area contributed by atoms with E-state index in [2.05, 4.69) is 90.0 Å². The maximum Gasteiger partial charge on any atom is 0.333 e. The topological polar surface area (TPSA) is 220 Å². The molecule has 0 aromatic heterocycles. The molecule has 2 saturated heterocycles. The molecule has 0 radical (unpaired) electrons. The van der Waals surface area contributed by atoms with Gasteiger partial charge < -0.3 is 53.2 Å². The normalized spacial score (nSPS) is 20.3. The largest absolute Gasteiger partial charge is 0.459 e. The average molecular weight is 2060 g/mol. The zero-order chi connectivity index (χ0) is 107. The Morgan fingerprint density at radius 2 is 0.466 bits per heavy atom. The van der Waals surface area contributed by atoms with E-state index in [1.54, 1.807) is 27.7 Å². The lowest BCUT2D eigenvalue weighted by atomic mass is 9.91. The maximum absolute atomic E-state index is 15.1. The molecular weight excluding hydrogens is 1820 g/mol. The second-order valence-corrected chi connectivity index (χ2v) is 47.5. The van der Waals surface area contributed by atoms with Crippen molar-refractivity contribution in [3.05, 3.63) is 46.6 Å². The van der Waals surface area contributed by atoms with E-state index >= 15 is 9.59 Å². The van der Waals surface area contributed by atoms with Crippen molar-refractivity contribution in [2.24, 2.45) is 47.3 Å². The Morgan fingerprint density at radius 1 is 0.253 bits per heavy atom. The number of carbonyl (C=O) groups is 5. The first kappa shape index (κ1) is 138. The zero-order valence-corrected chi connectivity index (χ0v) is 98.8. The molecule has 0 spiro atoms. The molecule has 0 amide bonds. The van der Waals surface area contributed by atoms with E-state index in [9.17, 15) is 29.7 Å². The standard InChI is InChI=1S/C130H240O16/c1-18-23-28-33-38-43-48-53-58-63-68-73-78-83-88-93-118(132)142-124-122(144-127(137)114(16)100-110(12)96-106(8)91-86-81-76-71-66-61-56-51-46-41-36-31-26-21-4)119(133)117(103-139-125(135)112(14)98-108(10)94-104(6)89-84-79-74-69-64-59-54-49-44-39-34-29-24-19-2)141-130(124)146-129-123(145-128(138)115(17)101-111(13)97-107(9)92-87-82-77-72-67-62-57-52-47-42-37-32-27-22-5)120(134)121(116(102-131)140-129)143-126(136)113(15)99-109(11)95-105(7)90-85-80-75-70-65-60-55-50-45-40-35-30-25-20-3/h98-101,104-111,116-117,119-124,129-131,133-134H,18-97,102-103H2,1-17H3/b112-98+,113-99+,114-100+,115-101+/t104-,105-,106-,107-,108-,109-,110-,111-,116?,117?,119+,120?,121+,122?,123-,124+,129+,130+/m0/s1. The van der Waals surface area contributed by atoms with Crippen molar-refractivity contribution in [3.8, 4) is 0 Å². The van der Waals surface area contributed by atoms with Crippen LogP contribution < -0.4 is 0 Å². The summed E-state index contributed by atoms with van der Waals surface area (Å²) >= 11 is 0. The molecule has 856 valence electrons. The molecule has 2 rings (SSSR count). The fourth-order valence-corrected chi connectivity index (χ4v) is 22.7. The van der Waals surface area contributed by atoms with Gasteiger partial charge in [-0.05, 0) is 107 Å². The molecule has 2 aliphatic rings. The van der Waals surface area contributed by atoms with Gasteiger partial charge >= 0.3 is 29.8 Å². The van der Waals surface area contributed by atoms with E-state index in [4.69, 9.17) is 37.9 Å². The van der Waals surface area contributed by atoms with Gasteiger partial charge in [0.2, 0.25) is 12.6 Å². The fourth-order valence-electron chi connectivity index (χ4n) is 22.7. The van der Waals surface area contributed by atoms with Gasteiger partial charge in [-0.3, -0.25) is 4.79 Å². The molecular formula is C130H240O16. The molecule has 2 fully saturated rings. The molecule has 3 N–H and O–H groups in total. The van der Waals surface area contributed by atoms with E-state index in [0.717, 1.165) is 103 Å². The van der Waals surface area contributed by atoms with Crippen LogP contribution in [0.15, 0.2) is 46.6 Å². The van der Waals surface area contributed by atoms with Gasteiger partial charge in [0.25, 0.3) is 0 Å². The Hall–Kier alpha value is -3.93. The molecule has 4 unspecified atom stereocenters. The summed E-state index contributed by atoms with van der Waals surface area (Å²) in [5.74, 6) is -2.16. The molecule has 16 nitrogen and oxygen atoms in total. The van der Waals surface area contributed by atoms with Crippen molar-refractivity contribution < 1.29 is 77.2 Å². The molecule has 0 bridgehead atoms. The number of unbranched alkanes of at least 4 members (excludes halogenated alkanes) is 66. The minimum atomic E-state index is -1.92. The van der Waals surface area contributed by atoms with E-state index in [1.165, 1.54) is 398 Å². The molecule has 0 saturated carbocycles. The average Bonchev–Trinajstić information content (AvgIpc) is 0.768. The quantitative estimate of drug-likeness (QED) is 0.0223. The fraction of sp³-hybridized carbons (Fsp3) is 0.900. The van der Waals surface area contributed by atoms with Gasteiger partial charge in [-0.15, -0.1) is 0 Å². The lowest BCUT2D eigenvalue weighted by Crippen LogP contribution is -2.66. The smallest absolute Gasteiger partial charge is 0.333 e. The van der Waals surface area contributed by atoms with Crippen molar-refractivity contribution in [1.29, 1.82) is 0 Å². The SMILES string of the molecule is CCCCCCCCCCCCCCCCCC(=O)O[C@@H]1C(OC(=O)/C(C)=C/[C@@H](C)C[C@@H](C)CCCCCCCCCCCCCCCC)[C@H](O)C(COC(=O)/C(C)=C/[C@@H](C)C[C@@H](C)CCCCCCCCCCCCCCCC)O[C@@H]1O[C@H]1OC(CO)[C@@H](OC(=O)/C(C)=C/[C@@H](C)C[C@@H](C)CCCCCCCCCCCCCCCC)C(O)[C@@H]1OC(=O)/C(C)=C/[C@@H](C)C[C@@H](C)CCCCCCCCCCCCCCCC. The first-order chi connectivity index (χ1) is 70.7. The number of hydrogen-bond donors (Lipinski definition) is 3. The maximum atomic E-state index is 15.1. The molecule has 0 aromatic rings. The Bertz CT molecular complexity index is 3200. The number of esters is 5. The van der Waals surface area contributed by atoms with E-state index in [0.29, 0.717) is 41.2 Å². The van der Waals surface area contributed by atoms with Crippen LogP contribution in [0, 0.1) is 47.3 Å². The number of aliphatic hydroxyl groups is 3. The molecule has 2 aliphatic heterocycles. The number of ether oxygens (including phenoxy) is 8. The highest BCUT2D eigenvalue weighted by molar-refractivity contribution is 5.89. The van der Waals surface area contributed by atoms with Crippen LogP contribution in [0.25, 0.3) is 0 Å². The third-order valence-corrected chi connectivity index (χ3v) is 31.8. The van der Waals surface area contributed by atoms with Crippen molar-refractivity contribution >= 4 is 29.8 Å². The lowest BCUT2D eigenvalue weighted by Gasteiger charge is -2.47. The number of aliphatic hydroxyl groups excluding tert-OH is 3. The Balaban J connectivity index is 2.72. The van der Waals surface area contributed by atoms with Crippen molar-refractivity contribution in [2.75, 3.05) is 13.2 Å². The van der Waals surface area contributed by atoms with Crippen LogP contribution in [0.5, 0.6) is 0 Å². The monoisotopic (exact) mass is 2060 g/mol. The van der Waals surface area contributed by atoms with Crippen LogP contribution in [-0.4, -0.2) is 120 Å². The predicted octanol–water partition coefficient (Wildman–Crippen LogP) is 37.5. The Labute approximate surface area is 901 Å². The van der Waals surface area contributed by atoms with Crippen molar-refractivity contribution in [2.45, 2.75) is 693 Å². The van der Waals surface area contributed by atoms with E-state index < -0.39 is 104 Å². The Morgan fingerprint density at radius 3 is 0.719 bits per heavy atom. The van der Waals surface area contributed by atoms with Crippen molar-refractivity contribution in [3.63, 3.8) is 0 Å². The third-order valence-electron chi connectivity index (χ3n) is 31.8. The lowest BCUT2D eigenvalue weighted by molar-refractivity contribution is -0.377. The minimum absolute atomic E-state index is 0.00112. The predicted molar refractivity (Wildman–Crippen MR) is 614 cm³/mol. The van der Waals surface area contributed by atoms with Gasteiger partial charge in [0, 0.05) is 28.7 Å². The summed E-state index contributed by atoms with van der Waals surface area (Å²) in [6.07, 6.45) is 88.0. The second-order valence-electron chi connectivity index (χ2n) is 47.5. The third kappa shape index (κ3) is 73.4. The van der Waals surface area contributed by atoms with Gasteiger partial charge in [-0.1, -0.05) is 589 Å². The summed E-state index contributed by atoms with van der Waals surface area (Å²) in [5.41, 5.74) is 1.18. The molecule has 146 heavy (non-hydrogen) atoms. The van der Waals surface area contributed by atoms with Crippen molar-refractivity contribution in [1.82, 2.24) is 0 Å². The highest BCUT2D eigenvalue weighted by Crippen LogP contribution is 2.37. The first-order valence-electron chi connectivity index (χ1n) is 63.4. The summed E-state index contributed by atoms with van der Waals surface area (Å²) in [6.45, 7) is 34.2. The van der Waals surface area contributed by atoms with Gasteiger partial charge in [-0.2, -0.15) is 0 Å². The van der Waals surface area contributed by atoms with Crippen LogP contribution in [0.2, 0.25) is 0 Å².